The van der Waals surface area contributed by atoms with E-state index in [0.29, 0.717) is 25.9 Å². The molecule has 0 bridgehead atoms. The average Bonchev–Trinajstić information content (AvgIpc) is 3.69. The lowest BCUT2D eigenvalue weighted by Crippen LogP contribution is -2.45. The SMILES string of the molecule is CCCCC/C=C\C/C=C\CCCCCCCCCCCC(=O)OCCCCCCCCCCCCCC/C=C\CCCCCCCCCCCCCCCC(=O)NC(CO)C(O)CCCCCCCCCCCCCCCCCCCCCCCCCCC. The van der Waals surface area contributed by atoms with Gasteiger partial charge in [-0.3, -0.25) is 9.59 Å². The fourth-order valence-corrected chi connectivity index (χ4v) is 13.1. The normalized spacial score (nSPS) is 12.6. The second-order valence-corrected chi connectivity index (χ2v) is 28.5. The molecule has 6 nitrogen and oxygen atoms in total. The van der Waals surface area contributed by atoms with E-state index in [1.807, 2.05) is 0 Å². The molecule has 3 N–H and O–H groups in total. The number of unbranched alkanes of at least 4 members (excludes halogenated alkanes) is 61. The number of aliphatic hydroxyl groups is 2. The monoisotopic (exact) mass is 1260 g/mol. The van der Waals surface area contributed by atoms with Crippen LogP contribution in [0.4, 0.5) is 0 Å². The highest BCUT2D eigenvalue weighted by atomic mass is 16.5. The number of rotatable bonds is 78. The Morgan fingerprint density at radius 1 is 0.311 bits per heavy atom. The fraction of sp³-hybridized carbons (Fsp3) is 0.905. The van der Waals surface area contributed by atoms with E-state index in [4.69, 9.17) is 4.74 Å². The first-order chi connectivity index (χ1) is 44.5. The van der Waals surface area contributed by atoms with E-state index >= 15 is 0 Å². The molecule has 0 aromatic carbocycles. The summed E-state index contributed by atoms with van der Waals surface area (Å²) in [6, 6.07) is -0.543. The van der Waals surface area contributed by atoms with Gasteiger partial charge in [0.05, 0.1) is 25.4 Å². The maximum absolute atomic E-state index is 12.6. The van der Waals surface area contributed by atoms with Crippen LogP contribution in [-0.2, 0) is 14.3 Å². The van der Waals surface area contributed by atoms with Crippen LogP contribution in [0.2, 0.25) is 0 Å². The minimum absolute atomic E-state index is 0.0138. The van der Waals surface area contributed by atoms with E-state index < -0.39 is 12.1 Å². The Bertz CT molecular complexity index is 1460. The van der Waals surface area contributed by atoms with Crippen molar-refractivity contribution < 1.29 is 24.5 Å². The van der Waals surface area contributed by atoms with Crippen molar-refractivity contribution in [1.29, 1.82) is 0 Å². The van der Waals surface area contributed by atoms with Crippen LogP contribution in [0.3, 0.4) is 0 Å². The minimum atomic E-state index is -0.666. The summed E-state index contributed by atoms with van der Waals surface area (Å²) in [7, 11) is 0. The predicted molar refractivity (Wildman–Crippen MR) is 398 cm³/mol. The summed E-state index contributed by atoms with van der Waals surface area (Å²) >= 11 is 0. The van der Waals surface area contributed by atoms with Crippen LogP contribution in [0, 0.1) is 0 Å². The second-order valence-electron chi connectivity index (χ2n) is 28.5. The molecule has 0 saturated heterocycles. The first kappa shape index (κ1) is 88.1. The molecule has 0 spiro atoms. The van der Waals surface area contributed by atoms with Crippen LogP contribution in [0.5, 0.6) is 0 Å². The van der Waals surface area contributed by atoms with Crippen molar-refractivity contribution in [3.05, 3.63) is 36.5 Å². The number of aliphatic hydroxyl groups excluding tert-OH is 2. The molecule has 2 unspecified atom stereocenters. The molecule has 2 atom stereocenters. The van der Waals surface area contributed by atoms with Gasteiger partial charge in [-0.2, -0.15) is 0 Å². The lowest BCUT2D eigenvalue weighted by atomic mass is 10.0. The molecule has 90 heavy (non-hydrogen) atoms. The lowest BCUT2D eigenvalue weighted by molar-refractivity contribution is -0.143. The van der Waals surface area contributed by atoms with Crippen molar-refractivity contribution in [1.82, 2.24) is 5.32 Å². The quantitative estimate of drug-likeness (QED) is 0.0320. The Morgan fingerprint density at radius 3 is 0.878 bits per heavy atom. The molecule has 6 heteroatoms. The van der Waals surface area contributed by atoms with Crippen LogP contribution in [0.25, 0.3) is 0 Å². The first-order valence-corrected chi connectivity index (χ1v) is 41.2. The molecule has 0 heterocycles. The number of carbonyl (C=O) groups is 2. The molecular formula is C84H161NO5. The summed E-state index contributed by atoms with van der Waals surface area (Å²) in [5, 5.41) is 23.5. The number of amides is 1. The first-order valence-electron chi connectivity index (χ1n) is 41.2. The van der Waals surface area contributed by atoms with Crippen molar-refractivity contribution in [3.8, 4) is 0 Å². The highest BCUT2D eigenvalue weighted by Gasteiger charge is 2.20. The summed E-state index contributed by atoms with van der Waals surface area (Å²) in [5.74, 6) is -0.0147. The van der Waals surface area contributed by atoms with Gasteiger partial charge >= 0.3 is 5.97 Å². The van der Waals surface area contributed by atoms with Gasteiger partial charge in [0.1, 0.15) is 0 Å². The van der Waals surface area contributed by atoms with Crippen LogP contribution < -0.4 is 5.32 Å². The number of ether oxygens (including phenoxy) is 1. The maximum atomic E-state index is 12.6. The van der Waals surface area contributed by atoms with Crippen LogP contribution in [-0.4, -0.2) is 47.4 Å². The van der Waals surface area contributed by atoms with E-state index in [1.165, 1.54) is 379 Å². The average molecular weight is 1270 g/mol. The molecule has 0 aliphatic carbocycles. The molecule has 0 saturated carbocycles. The van der Waals surface area contributed by atoms with E-state index in [1.54, 1.807) is 0 Å². The Hall–Kier alpha value is -1.92. The zero-order chi connectivity index (χ0) is 64.9. The van der Waals surface area contributed by atoms with Crippen molar-refractivity contribution in [2.24, 2.45) is 0 Å². The smallest absolute Gasteiger partial charge is 0.305 e. The summed E-state index contributed by atoms with van der Waals surface area (Å²) in [6.45, 7) is 4.98. The maximum Gasteiger partial charge on any atom is 0.305 e. The summed E-state index contributed by atoms with van der Waals surface area (Å²) in [4.78, 5) is 24.7. The predicted octanol–water partition coefficient (Wildman–Crippen LogP) is 27.4. The third-order valence-corrected chi connectivity index (χ3v) is 19.4. The third kappa shape index (κ3) is 75.1. The van der Waals surface area contributed by atoms with Crippen LogP contribution >= 0.6 is 0 Å². The Balaban J connectivity index is 3.37. The van der Waals surface area contributed by atoms with Crippen LogP contribution in [0.1, 0.15) is 463 Å². The van der Waals surface area contributed by atoms with E-state index in [-0.39, 0.29) is 18.5 Å². The molecule has 0 aliphatic heterocycles. The van der Waals surface area contributed by atoms with Gasteiger partial charge in [0.25, 0.3) is 0 Å². The second kappa shape index (κ2) is 79.5. The zero-order valence-corrected chi connectivity index (χ0v) is 61.1. The van der Waals surface area contributed by atoms with Gasteiger partial charge in [-0.05, 0) is 83.5 Å². The number of nitrogens with one attached hydrogen (secondary N) is 1. The van der Waals surface area contributed by atoms with Gasteiger partial charge in [0.2, 0.25) is 5.91 Å². The van der Waals surface area contributed by atoms with Gasteiger partial charge in [0.15, 0.2) is 0 Å². The van der Waals surface area contributed by atoms with E-state index in [0.717, 1.165) is 51.4 Å². The molecule has 0 aliphatic rings. The molecule has 532 valence electrons. The molecular weight excluding hydrogens is 1100 g/mol. The van der Waals surface area contributed by atoms with Crippen molar-refractivity contribution >= 4 is 11.9 Å². The number of esters is 1. The van der Waals surface area contributed by atoms with E-state index in [2.05, 4.69) is 55.6 Å². The Labute approximate surface area is 564 Å². The fourth-order valence-electron chi connectivity index (χ4n) is 13.1. The summed E-state index contributed by atoms with van der Waals surface area (Å²) < 4.78 is 5.51. The Morgan fingerprint density at radius 2 is 0.556 bits per heavy atom. The van der Waals surface area contributed by atoms with Crippen molar-refractivity contribution in [2.75, 3.05) is 13.2 Å². The highest BCUT2D eigenvalue weighted by molar-refractivity contribution is 5.76. The van der Waals surface area contributed by atoms with E-state index in [9.17, 15) is 19.8 Å². The van der Waals surface area contributed by atoms with Gasteiger partial charge in [-0.25, -0.2) is 0 Å². The number of carbonyl (C=O) groups excluding carboxylic acids is 2. The van der Waals surface area contributed by atoms with Gasteiger partial charge < -0.3 is 20.3 Å². The molecule has 0 fully saturated rings. The Kier molecular flexibility index (Phi) is 77.8. The minimum Gasteiger partial charge on any atom is -0.466 e. The van der Waals surface area contributed by atoms with Gasteiger partial charge in [-0.15, -0.1) is 0 Å². The summed E-state index contributed by atoms with van der Waals surface area (Å²) in [6.07, 6.45) is 104. The standard InChI is InChI=1S/C84H161NO5/c1-3-5-7-9-11-13-15-17-19-21-23-24-25-31-34-37-41-44-48-52-56-60-64-68-72-76-82(87)81(80-86)85-83(88)77-73-69-65-61-57-53-49-45-42-38-35-32-29-27-26-28-30-33-36-39-43-47-51-55-59-63-67-71-75-79-90-84(89)78-74-70-66-62-58-54-50-46-40-22-20-18-16-14-12-10-8-6-4-2/h12,14,18,20,26,28,81-82,86-87H,3-11,13,15-17,19,21-25,27,29-80H2,1-2H3,(H,85,88)/b14-12-,20-18-,28-26-. The molecule has 0 rings (SSSR count). The van der Waals surface area contributed by atoms with Crippen molar-refractivity contribution in [2.45, 2.75) is 475 Å². The molecule has 1 amide bonds. The molecule has 0 aromatic heterocycles. The van der Waals surface area contributed by atoms with Crippen molar-refractivity contribution in [3.63, 3.8) is 0 Å². The summed E-state index contributed by atoms with van der Waals surface area (Å²) in [5.41, 5.74) is 0. The number of hydrogen-bond donors (Lipinski definition) is 3. The largest absolute Gasteiger partial charge is 0.466 e. The van der Waals surface area contributed by atoms with Gasteiger partial charge in [-0.1, -0.05) is 403 Å². The van der Waals surface area contributed by atoms with Crippen LogP contribution in [0.15, 0.2) is 36.5 Å². The lowest BCUT2D eigenvalue weighted by Gasteiger charge is -2.22. The zero-order valence-electron chi connectivity index (χ0n) is 61.1. The third-order valence-electron chi connectivity index (χ3n) is 19.4. The topological polar surface area (TPSA) is 95.9 Å². The molecule has 0 aromatic rings. The number of allylic oxidation sites excluding steroid dienone is 6. The highest BCUT2D eigenvalue weighted by Crippen LogP contribution is 2.20. The van der Waals surface area contributed by atoms with Gasteiger partial charge in [0, 0.05) is 12.8 Å². The molecule has 0 radical (unpaired) electrons. The number of hydrogen-bond acceptors (Lipinski definition) is 5.